The van der Waals surface area contributed by atoms with Crippen LogP contribution in [0.25, 0.3) is 10.8 Å². The number of carboxylic acid groups (broad SMARTS) is 1. The Bertz CT molecular complexity index is 1050. The van der Waals surface area contributed by atoms with Crippen LogP contribution in [0.4, 0.5) is 0 Å². The molecule has 0 bridgehead atoms. The Balaban J connectivity index is 1.77. The van der Waals surface area contributed by atoms with Gasteiger partial charge < -0.3 is 19.0 Å². The first-order chi connectivity index (χ1) is 14.7. The standard InChI is InChI=1S/C25H31NO5/c1-6-29-22(23(27)28)15-17-11-12-21(19-10-8-7-9-18(17)19)30-14-13-20-16(2)31-24(26-20)25(3,4)5/h7-12,22H,6,13-15H2,1-5H3,(H,27,28)/t22-/m0/s1. The number of nitrogens with zero attached hydrogens (tertiary/aromatic N) is 1. The van der Waals surface area contributed by atoms with E-state index in [4.69, 9.17) is 13.9 Å². The fourth-order valence-corrected chi connectivity index (χ4v) is 3.49. The molecule has 1 atom stereocenters. The molecule has 0 unspecified atom stereocenters. The Hall–Kier alpha value is -2.86. The van der Waals surface area contributed by atoms with Crippen molar-refractivity contribution in [2.75, 3.05) is 13.2 Å². The molecular formula is C25H31NO5. The summed E-state index contributed by atoms with van der Waals surface area (Å²) in [4.78, 5) is 16.1. The van der Waals surface area contributed by atoms with Gasteiger partial charge in [-0.2, -0.15) is 0 Å². The summed E-state index contributed by atoms with van der Waals surface area (Å²) in [6, 6.07) is 11.7. The molecule has 6 nitrogen and oxygen atoms in total. The Kier molecular flexibility index (Phi) is 7.01. The first-order valence-electron chi connectivity index (χ1n) is 10.6. The predicted octanol–water partition coefficient (Wildman–Crippen LogP) is 5.09. The van der Waals surface area contributed by atoms with Crippen LogP contribution in [0.2, 0.25) is 0 Å². The van der Waals surface area contributed by atoms with E-state index in [0.29, 0.717) is 26.1 Å². The maximum Gasteiger partial charge on any atom is 0.333 e. The van der Waals surface area contributed by atoms with Gasteiger partial charge in [-0.3, -0.25) is 0 Å². The molecule has 0 spiro atoms. The maximum atomic E-state index is 11.5. The largest absolute Gasteiger partial charge is 0.493 e. The monoisotopic (exact) mass is 425 g/mol. The minimum Gasteiger partial charge on any atom is -0.493 e. The van der Waals surface area contributed by atoms with E-state index >= 15 is 0 Å². The van der Waals surface area contributed by atoms with E-state index in [1.165, 1.54) is 0 Å². The van der Waals surface area contributed by atoms with Crippen LogP contribution in [0.15, 0.2) is 40.8 Å². The number of fused-ring (bicyclic) bond motifs is 1. The number of ether oxygens (including phenoxy) is 2. The molecule has 0 radical (unpaired) electrons. The zero-order valence-electron chi connectivity index (χ0n) is 18.9. The van der Waals surface area contributed by atoms with Crippen LogP contribution in [-0.2, 0) is 27.8 Å². The molecule has 0 saturated carbocycles. The van der Waals surface area contributed by atoms with Crippen LogP contribution in [0.3, 0.4) is 0 Å². The number of carboxylic acids is 1. The topological polar surface area (TPSA) is 81.8 Å². The molecule has 3 rings (SSSR count). The molecule has 1 aromatic heterocycles. The van der Waals surface area contributed by atoms with Crippen LogP contribution in [0, 0.1) is 6.92 Å². The number of aromatic nitrogens is 1. The van der Waals surface area contributed by atoms with Crippen molar-refractivity contribution in [2.24, 2.45) is 0 Å². The van der Waals surface area contributed by atoms with Gasteiger partial charge in [0.2, 0.25) is 0 Å². The van der Waals surface area contributed by atoms with Gasteiger partial charge >= 0.3 is 5.97 Å². The molecule has 0 fully saturated rings. The first kappa shape index (κ1) is 22.8. The van der Waals surface area contributed by atoms with Gasteiger partial charge in [-0.15, -0.1) is 0 Å². The number of hydrogen-bond donors (Lipinski definition) is 1. The quantitative estimate of drug-likeness (QED) is 0.514. The maximum absolute atomic E-state index is 11.5. The number of hydrogen-bond acceptors (Lipinski definition) is 5. The number of aryl methyl sites for hydroxylation is 1. The van der Waals surface area contributed by atoms with Gasteiger partial charge in [0.25, 0.3) is 0 Å². The molecule has 1 heterocycles. The van der Waals surface area contributed by atoms with E-state index in [1.807, 2.05) is 43.3 Å². The van der Waals surface area contributed by atoms with Gasteiger partial charge in [-0.25, -0.2) is 9.78 Å². The summed E-state index contributed by atoms with van der Waals surface area (Å²) in [5.74, 6) is 1.37. The van der Waals surface area contributed by atoms with Crippen molar-refractivity contribution in [2.45, 2.75) is 59.0 Å². The summed E-state index contributed by atoms with van der Waals surface area (Å²) in [5, 5.41) is 11.4. The summed E-state index contributed by atoms with van der Waals surface area (Å²) in [6.07, 6.45) is 0.0808. The Morgan fingerprint density at radius 1 is 1.16 bits per heavy atom. The molecule has 0 amide bonds. The average molecular weight is 426 g/mol. The molecule has 0 aliphatic rings. The zero-order chi connectivity index (χ0) is 22.6. The summed E-state index contributed by atoms with van der Waals surface area (Å²) in [6.45, 7) is 10.8. The second-order valence-electron chi connectivity index (χ2n) is 8.63. The van der Waals surface area contributed by atoms with Crippen LogP contribution in [0.5, 0.6) is 5.75 Å². The normalized spacial score (nSPS) is 12.8. The lowest BCUT2D eigenvalue weighted by atomic mass is 9.97. The second-order valence-corrected chi connectivity index (χ2v) is 8.63. The van der Waals surface area contributed by atoms with Crippen molar-refractivity contribution in [3.05, 3.63) is 59.3 Å². The van der Waals surface area contributed by atoms with Gasteiger partial charge in [0.05, 0.1) is 12.3 Å². The summed E-state index contributed by atoms with van der Waals surface area (Å²) >= 11 is 0. The van der Waals surface area contributed by atoms with Crippen molar-refractivity contribution in [1.82, 2.24) is 4.98 Å². The van der Waals surface area contributed by atoms with Crippen LogP contribution >= 0.6 is 0 Å². The molecule has 1 N–H and O–H groups in total. The molecule has 31 heavy (non-hydrogen) atoms. The van der Waals surface area contributed by atoms with E-state index in [9.17, 15) is 9.90 Å². The van der Waals surface area contributed by atoms with Gasteiger partial charge in [0.1, 0.15) is 11.5 Å². The third-order valence-electron chi connectivity index (χ3n) is 5.15. The van der Waals surface area contributed by atoms with Crippen molar-refractivity contribution in [1.29, 1.82) is 0 Å². The lowest BCUT2D eigenvalue weighted by Gasteiger charge is -2.16. The van der Waals surface area contributed by atoms with E-state index in [2.05, 4.69) is 25.8 Å². The highest BCUT2D eigenvalue weighted by atomic mass is 16.5. The SMILES string of the molecule is CCO[C@@H](Cc1ccc(OCCc2nc(C(C)(C)C)oc2C)c2ccccc12)C(=O)O. The fourth-order valence-electron chi connectivity index (χ4n) is 3.49. The summed E-state index contributed by atoms with van der Waals surface area (Å²) < 4.78 is 17.3. The molecule has 0 saturated heterocycles. The Morgan fingerprint density at radius 3 is 2.48 bits per heavy atom. The van der Waals surface area contributed by atoms with Crippen molar-refractivity contribution in [3.63, 3.8) is 0 Å². The third kappa shape index (κ3) is 5.44. The first-order valence-corrected chi connectivity index (χ1v) is 10.6. The second kappa shape index (κ2) is 9.52. The van der Waals surface area contributed by atoms with Crippen molar-refractivity contribution >= 4 is 16.7 Å². The van der Waals surface area contributed by atoms with Gasteiger partial charge in [0, 0.05) is 30.2 Å². The fraction of sp³-hybridized carbons (Fsp3) is 0.440. The molecule has 6 heteroatoms. The summed E-state index contributed by atoms with van der Waals surface area (Å²) in [5.41, 5.74) is 1.70. The van der Waals surface area contributed by atoms with Crippen LogP contribution < -0.4 is 4.74 Å². The number of aliphatic carboxylic acids is 1. The average Bonchev–Trinajstić information content (AvgIpc) is 3.10. The number of rotatable bonds is 9. The summed E-state index contributed by atoms with van der Waals surface area (Å²) in [7, 11) is 0. The van der Waals surface area contributed by atoms with Crippen LogP contribution in [-0.4, -0.2) is 35.4 Å². The smallest absolute Gasteiger partial charge is 0.333 e. The highest BCUT2D eigenvalue weighted by Gasteiger charge is 2.22. The number of oxazole rings is 1. The molecule has 0 aliphatic heterocycles. The molecule has 166 valence electrons. The molecule has 2 aromatic carbocycles. The predicted molar refractivity (Wildman–Crippen MR) is 120 cm³/mol. The lowest BCUT2D eigenvalue weighted by molar-refractivity contribution is -0.149. The number of carbonyl (C=O) groups is 1. The van der Waals surface area contributed by atoms with Gasteiger partial charge in [-0.1, -0.05) is 51.1 Å². The Morgan fingerprint density at radius 2 is 1.87 bits per heavy atom. The van der Waals surface area contributed by atoms with Gasteiger partial charge in [-0.05, 0) is 30.9 Å². The van der Waals surface area contributed by atoms with Crippen molar-refractivity contribution < 1.29 is 23.8 Å². The Labute approximate surface area is 183 Å². The number of benzene rings is 2. The minimum absolute atomic E-state index is 0.134. The van der Waals surface area contributed by atoms with E-state index in [-0.39, 0.29) is 5.41 Å². The van der Waals surface area contributed by atoms with E-state index in [1.54, 1.807) is 6.92 Å². The van der Waals surface area contributed by atoms with Crippen LogP contribution in [0.1, 0.15) is 50.6 Å². The van der Waals surface area contributed by atoms with E-state index in [0.717, 1.165) is 39.4 Å². The highest BCUT2D eigenvalue weighted by Crippen LogP contribution is 2.30. The molecule has 3 aromatic rings. The zero-order valence-corrected chi connectivity index (χ0v) is 18.9. The minimum atomic E-state index is -0.955. The lowest BCUT2D eigenvalue weighted by Crippen LogP contribution is -2.26. The molecule has 0 aliphatic carbocycles. The van der Waals surface area contributed by atoms with Crippen molar-refractivity contribution in [3.8, 4) is 5.75 Å². The van der Waals surface area contributed by atoms with Gasteiger partial charge in [0.15, 0.2) is 12.0 Å². The van der Waals surface area contributed by atoms with E-state index < -0.39 is 12.1 Å². The highest BCUT2D eigenvalue weighted by molar-refractivity contribution is 5.91. The third-order valence-corrected chi connectivity index (χ3v) is 5.15. The molecular weight excluding hydrogens is 394 g/mol.